The van der Waals surface area contributed by atoms with Crippen molar-refractivity contribution >= 4 is 17.8 Å². The minimum absolute atomic E-state index is 0.0844. The highest BCUT2D eigenvalue weighted by molar-refractivity contribution is 5.94. The summed E-state index contributed by atoms with van der Waals surface area (Å²) in [5.41, 5.74) is 0. The first kappa shape index (κ1) is 12.2. The summed E-state index contributed by atoms with van der Waals surface area (Å²) in [6.45, 7) is 0. The van der Waals surface area contributed by atoms with E-state index >= 15 is 0 Å². The summed E-state index contributed by atoms with van der Waals surface area (Å²) in [4.78, 5) is 26.8. The first-order valence-corrected chi connectivity index (χ1v) is 5.51. The number of hydrogen-bond acceptors (Lipinski definition) is 5. The fraction of sp³-hybridized carbons (Fsp3) is 0.364. The van der Waals surface area contributed by atoms with Gasteiger partial charge >= 0.3 is 5.97 Å². The van der Waals surface area contributed by atoms with Gasteiger partial charge in [-0.2, -0.15) is 5.10 Å². The second-order valence-corrected chi connectivity index (χ2v) is 3.95. The number of aromatic nitrogens is 3. The molecule has 18 heavy (non-hydrogen) atoms. The number of allylic oxidation sites excluding steroid dienone is 2. The number of carboxylic acids is 1. The van der Waals surface area contributed by atoms with E-state index in [0.717, 1.165) is 0 Å². The lowest BCUT2D eigenvalue weighted by atomic mass is 9.82. The molecule has 1 heterocycles. The van der Waals surface area contributed by atoms with E-state index in [0.29, 0.717) is 12.8 Å². The van der Waals surface area contributed by atoms with Gasteiger partial charge in [0.2, 0.25) is 11.9 Å². The van der Waals surface area contributed by atoms with Gasteiger partial charge in [0.05, 0.1) is 24.2 Å². The molecule has 0 aromatic carbocycles. The van der Waals surface area contributed by atoms with Gasteiger partial charge in [0.15, 0.2) is 0 Å². The Kier molecular flexibility index (Phi) is 3.61. The van der Waals surface area contributed by atoms with Crippen molar-refractivity contribution < 1.29 is 14.7 Å². The molecule has 2 atom stereocenters. The minimum Gasteiger partial charge on any atom is -0.481 e. The summed E-state index contributed by atoms with van der Waals surface area (Å²) in [6.07, 6.45) is 7.15. The summed E-state index contributed by atoms with van der Waals surface area (Å²) in [5, 5.41) is 18.7. The molecule has 1 amide bonds. The number of hydrogen-bond donors (Lipinski definition) is 2. The van der Waals surface area contributed by atoms with E-state index in [4.69, 9.17) is 5.11 Å². The van der Waals surface area contributed by atoms with E-state index in [1.165, 1.54) is 12.4 Å². The number of carbonyl (C=O) groups is 2. The molecule has 1 aliphatic carbocycles. The molecule has 7 heteroatoms. The number of nitrogens with one attached hydrogen (secondary N) is 1. The lowest BCUT2D eigenvalue weighted by Gasteiger charge is -2.23. The normalized spacial score (nSPS) is 22.4. The molecule has 1 aliphatic rings. The summed E-state index contributed by atoms with van der Waals surface area (Å²) in [5.74, 6) is -2.57. The maximum Gasteiger partial charge on any atom is 0.307 e. The van der Waals surface area contributed by atoms with Crippen LogP contribution in [0.3, 0.4) is 0 Å². The van der Waals surface area contributed by atoms with Crippen molar-refractivity contribution in [2.75, 3.05) is 5.32 Å². The van der Waals surface area contributed by atoms with Gasteiger partial charge in [-0.1, -0.05) is 12.2 Å². The summed E-state index contributed by atoms with van der Waals surface area (Å²) in [6, 6.07) is 0. The molecule has 0 aliphatic heterocycles. The van der Waals surface area contributed by atoms with E-state index in [9.17, 15) is 9.59 Å². The quantitative estimate of drug-likeness (QED) is 0.753. The zero-order chi connectivity index (χ0) is 13.0. The lowest BCUT2D eigenvalue weighted by Crippen LogP contribution is -2.35. The van der Waals surface area contributed by atoms with Gasteiger partial charge in [0.1, 0.15) is 0 Å². The summed E-state index contributed by atoms with van der Waals surface area (Å²) >= 11 is 0. The Labute approximate surface area is 103 Å². The Morgan fingerprint density at radius 1 is 1.22 bits per heavy atom. The molecule has 0 bridgehead atoms. The fourth-order valence-corrected chi connectivity index (χ4v) is 1.88. The maximum atomic E-state index is 12.0. The van der Waals surface area contributed by atoms with Crippen LogP contribution in [0.5, 0.6) is 0 Å². The summed E-state index contributed by atoms with van der Waals surface area (Å²) in [7, 11) is 0. The van der Waals surface area contributed by atoms with Gasteiger partial charge in [-0.25, -0.2) is 4.98 Å². The van der Waals surface area contributed by atoms with Crippen LogP contribution in [-0.2, 0) is 9.59 Å². The van der Waals surface area contributed by atoms with Crippen molar-refractivity contribution in [3.63, 3.8) is 0 Å². The molecule has 94 valence electrons. The van der Waals surface area contributed by atoms with Crippen molar-refractivity contribution in [3.8, 4) is 0 Å². The van der Waals surface area contributed by atoms with Crippen LogP contribution in [0, 0.1) is 11.8 Å². The van der Waals surface area contributed by atoms with Crippen LogP contribution < -0.4 is 5.32 Å². The smallest absolute Gasteiger partial charge is 0.307 e. The number of rotatable bonds is 3. The van der Waals surface area contributed by atoms with Gasteiger partial charge in [-0.05, 0) is 12.8 Å². The summed E-state index contributed by atoms with van der Waals surface area (Å²) < 4.78 is 0. The third-order valence-corrected chi connectivity index (χ3v) is 2.80. The molecule has 7 nitrogen and oxygen atoms in total. The molecular formula is C11H12N4O3. The Hall–Kier alpha value is -2.31. The first-order valence-electron chi connectivity index (χ1n) is 5.51. The average molecular weight is 248 g/mol. The van der Waals surface area contributed by atoms with E-state index < -0.39 is 17.8 Å². The van der Waals surface area contributed by atoms with Crippen LogP contribution in [-0.4, -0.2) is 32.2 Å². The minimum atomic E-state index is -0.966. The van der Waals surface area contributed by atoms with E-state index in [1.807, 2.05) is 6.08 Å². The van der Waals surface area contributed by atoms with Crippen molar-refractivity contribution in [3.05, 3.63) is 24.5 Å². The Morgan fingerprint density at radius 2 is 1.94 bits per heavy atom. The van der Waals surface area contributed by atoms with Crippen molar-refractivity contribution in [1.82, 2.24) is 15.2 Å². The zero-order valence-corrected chi connectivity index (χ0v) is 9.48. The third kappa shape index (κ3) is 2.68. The zero-order valence-electron chi connectivity index (χ0n) is 9.48. The monoisotopic (exact) mass is 248 g/mol. The number of amides is 1. The van der Waals surface area contributed by atoms with Gasteiger partial charge in [0, 0.05) is 0 Å². The van der Waals surface area contributed by atoms with Crippen LogP contribution in [0.25, 0.3) is 0 Å². The first-order chi connectivity index (χ1) is 8.68. The number of carbonyl (C=O) groups excluding carboxylic acids is 1. The molecule has 0 saturated heterocycles. The molecule has 0 radical (unpaired) electrons. The van der Waals surface area contributed by atoms with E-state index in [1.54, 1.807) is 6.08 Å². The van der Waals surface area contributed by atoms with E-state index in [2.05, 4.69) is 20.5 Å². The highest BCUT2D eigenvalue weighted by Gasteiger charge is 2.34. The molecule has 2 N–H and O–H groups in total. The van der Waals surface area contributed by atoms with Crippen LogP contribution in [0.4, 0.5) is 5.95 Å². The highest BCUT2D eigenvalue weighted by Crippen LogP contribution is 2.26. The topological polar surface area (TPSA) is 105 Å². The van der Waals surface area contributed by atoms with Crippen molar-refractivity contribution in [1.29, 1.82) is 0 Å². The van der Waals surface area contributed by atoms with Crippen LogP contribution in [0.1, 0.15) is 12.8 Å². The molecule has 0 saturated carbocycles. The van der Waals surface area contributed by atoms with Crippen LogP contribution in [0.15, 0.2) is 24.5 Å². The van der Waals surface area contributed by atoms with Gasteiger partial charge in [0.25, 0.3) is 0 Å². The number of nitrogens with zero attached hydrogens (tertiary/aromatic N) is 3. The van der Waals surface area contributed by atoms with E-state index in [-0.39, 0.29) is 11.9 Å². The van der Waals surface area contributed by atoms with Crippen molar-refractivity contribution in [2.24, 2.45) is 11.8 Å². The van der Waals surface area contributed by atoms with Gasteiger partial charge in [-0.15, -0.1) is 5.10 Å². The molecule has 2 rings (SSSR count). The number of aliphatic carboxylic acids is 1. The van der Waals surface area contributed by atoms with Gasteiger partial charge < -0.3 is 5.11 Å². The number of carboxylic acid groups (broad SMARTS) is 1. The highest BCUT2D eigenvalue weighted by atomic mass is 16.4. The fourth-order valence-electron chi connectivity index (χ4n) is 1.88. The maximum absolute atomic E-state index is 12.0. The van der Waals surface area contributed by atoms with Crippen LogP contribution in [0.2, 0.25) is 0 Å². The molecular weight excluding hydrogens is 236 g/mol. The molecule has 0 fully saturated rings. The lowest BCUT2D eigenvalue weighted by molar-refractivity contribution is -0.146. The average Bonchev–Trinajstić information content (AvgIpc) is 2.40. The standard InChI is InChI=1S/C11H12N4O3/c16-9(14-11-12-5-6-13-15-11)7-3-1-2-4-8(7)10(17)18/h1-2,5-8H,3-4H2,(H,17,18)(H,12,14,15,16). The Balaban J connectivity index is 2.08. The Bertz CT molecular complexity index is 474. The van der Waals surface area contributed by atoms with Crippen molar-refractivity contribution in [2.45, 2.75) is 12.8 Å². The predicted octanol–water partition coefficient (Wildman–Crippen LogP) is 0.477. The number of anilines is 1. The predicted molar refractivity (Wildman–Crippen MR) is 61.4 cm³/mol. The third-order valence-electron chi connectivity index (χ3n) is 2.80. The second-order valence-electron chi connectivity index (χ2n) is 3.95. The SMILES string of the molecule is O=C(O)C1CC=CCC1C(=O)Nc1nccnn1. The van der Waals surface area contributed by atoms with Gasteiger partial charge in [-0.3, -0.25) is 14.9 Å². The molecule has 2 unspecified atom stereocenters. The van der Waals surface area contributed by atoms with Crippen LogP contribution >= 0.6 is 0 Å². The molecule has 0 spiro atoms. The second kappa shape index (κ2) is 5.35. The Morgan fingerprint density at radius 3 is 2.56 bits per heavy atom. The molecule has 1 aromatic rings. The molecule has 1 aromatic heterocycles. The largest absolute Gasteiger partial charge is 0.481 e.